The second-order valence-corrected chi connectivity index (χ2v) is 4.63. The summed E-state index contributed by atoms with van der Waals surface area (Å²) in [7, 11) is 1.56. The molecule has 114 valence electrons. The molecule has 0 saturated carbocycles. The average Bonchev–Trinajstić information content (AvgIpc) is 2.80. The number of carbonyl (C=O) groups excluding carboxylic acids is 1. The lowest BCUT2D eigenvalue weighted by Crippen LogP contribution is -2.31. The van der Waals surface area contributed by atoms with Gasteiger partial charge in [-0.05, 0) is 19.9 Å². The second-order valence-electron chi connectivity index (χ2n) is 4.63. The van der Waals surface area contributed by atoms with Crippen LogP contribution in [0, 0.1) is 0 Å². The van der Waals surface area contributed by atoms with Crippen LogP contribution in [0.25, 0.3) is 11.2 Å². The number of nitrogens with two attached hydrogens (primary N) is 1. The van der Waals surface area contributed by atoms with E-state index in [1.54, 1.807) is 28.7 Å². The Bertz CT molecular complexity index is 634. The zero-order valence-electron chi connectivity index (χ0n) is 12.7. The number of rotatable bonds is 6. The lowest BCUT2D eigenvalue weighted by atomic mass is 10.3. The van der Waals surface area contributed by atoms with Gasteiger partial charge in [0, 0.05) is 32.1 Å². The van der Waals surface area contributed by atoms with Crippen LogP contribution >= 0.6 is 0 Å². The summed E-state index contributed by atoms with van der Waals surface area (Å²) >= 11 is 0. The van der Waals surface area contributed by atoms with Crippen LogP contribution in [0.5, 0.6) is 5.88 Å². The van der Waals surface area contributed by atoms with Crippen molar-refractivity contribution < 1.29 is 9.53 Å². The highest BCUT2D eigenvalue weighted by molar-refractivity contribution is 5.77. The minimum atomic E-state index is 0.101. The molecule has 2 aromatic heterocycles. The van der Waals surface area contributed by atoms with E-state index in [1.807, 2.05) is 13.8 Å². The third kappa shape index (κ3) is 3.07. The van der Waals surface area contributed by atoms with Crippen molar-refractivity contribution in [3.05, 3.63) is 12.1 Å². The molecule has 0 aliphatic carbocycles. The van der Waals surface area contributed by atoms with Gasteiger partial charge in [0.25, 0.3) is 0 Å². The van der Waals surface area contributed by atoms with Crippen molar-refractivity contribution in [2.75, 3.05) is 25.9 Å². The first-order valence-electron chi connectivity index (χ1n) is 7.05. The zero-order chi connectivity index (χ0) is 15.4. The number of aromatic nitrogens is 3. The maximum absolute atomic E-state index is 12.1. The third-order valence-electron chi connectivity index (χ3n) is 3.47. The highest BCUT2D eigenvalue weighted by Crippen LogP contribution is 2.19. The molecule has 2 aromatic rings. The molecule has 1 amide bonds. The topological polar surface area (TPSA) is 86.3 Å². The molecule has 0 atom stereocenters. The predicted octanol–water partition coefficient (Wildman–Crippen LogP) is 1.28. The summed E-state index contributed by atoms with van der Waals surface area (Å²) < 4.78 is 6.87. The number of hydrogen-bond donors (Lipinski definition) is 1. The Morgan fingerprint density at radius 2 is 2.05 bits per heavy atom. The van der Waals surface area contributed by atoms with E-state index in [2.05, 4.69) is 9.97 Å². The smallest absolute Gasteiger partial charge is 0.224 e. The first kappa shape index (κ1) is 15.1. The number of hydrogen-bond acceptors (Lipinski definition) is 5. The van der Waals surface area contributed by atoms with Gasteiger partial charge in [0.15, 0.2) is 5.65 Å². The standard InChI is InChI=1S/C14H21N5O2/c1-4-18(5-2)12(20)8-9-19-13-10(16-14(19)15)6-7-11(17-13)21-3/h6-7H,4-5,8-9H2,1-3H3,(H2,15,16). The second kappa shape index (κ2) is 6.43. The van der Waals surface area contributed by atoms with Gasteiger partial charge >= 0.3 is 0 Å². The van der Waals surface area contributed by atoms with Crippen LogP contribution in [0.2, 0.25) is 0 Å². The van der Waals surface area contributed by atoms with Crippen LogP contribution in [0.3, 0.4) is 0 Å². The number of carbonyl (C=O) groups is 1. The van der Waals surface area contributed by atoms with E-state index in [9.17, 15) is 4.79 Å². The van der Waals surface area contributed by atoms with E-state index >= 15 is 0 Å². The maximum Gasteiger partial charge on any atom is 0.224 e. The van der Waals surface area contributed by atoms with Crippen molar-refractivity contribution in [2.45, 2.75) is 26.8 Å². The number of aryl methyl sites for hydroxylation is 1. The van der Waals surface area contributed by atoms with E-state index in [0.29, 0.717) is 49.0 Å². The third-order valence-corrected chi connectivity index (χ3v) is 3.47. The first-order chi connectivity index (χ1) is 10.1. The molecule has 0 spiro atoms. The van der Waals surface area contributed by atoms with E-state index in [-0.39, 0.29) is 5.91 Å². The number of nitrogens with zero attached hydrogens (tertiary/aromatic N) is 4. The van der Waals surface area contributed by atoms with Crippen LogP contribution in [-0.2, 0) is 11.3 Å². The van der Waals surface area contributed by atoms with E-state index in [4.69, 9.17) is 10.5 Å². The predicted molar refractivity (Wildman–Crippen MR) is 81.0 cm³/mol. The highest BCUT2D eigenvalue weighted by atomic mass is 16.5. The highest BCUT2D eigenvalue weighted by Gasteiger charge is 2.14. The molecule has 0 aromatic carbocycles. The summed E-state index contributed by atoms with van der Waals surface area (Å²) in [6.45, 7) is 5.81. The number of imidazole rings is 1. The quantitative estimate of drug-likeness (QED) is 0.866. The minimum Gasteiger partial charge on any atom is -0.481 e. The molecule has 0 unspecified atom stereocenters. The lowest BCUT2D eigenvalue weighted by Gasteiger charge is -2.18. The van der Waals surface area contributed by atoms with Crippen molar-refractivity contribution >= 4 is 23.0 Å². The van der Waals surface area contributed by atoms with Gasteiger partial charge in [0.05, 0.1) is 7.11 Å². The van der Waals surface area contributed by atoms with E-state index in [1.165, 1.54) is 0 Å². The number of fused-ring (bicyclic) bond motifs is 1. The summed E-state index contributed by atoms with van der Waals surface area (Å²) in [6.07, 6.45) is 0.371. The average molecular weight is 291 g/mol. The molecule has 7 nitrogen and oxygen atoms in total. The van der Waals surface area contributed by atoms with Crippen LogP contribution in [0.15, 0.2) is 12.1 Å². The number of amides is 1. The number of ether oxygens (including phenoxy) is 1. The van der Waals surface area contributed by atoms with Gasteiger partial charge in [-0.2, -0.15) is 4.98 Å². The SMILES string of the molecule is CCN(CC)C(=O)CCn1c(N)nc2ccc(OC)nc21. The van der Waals surface area contributed by atoms with Gasteiger partial charge in [0.2, 0.25) is 17.7 Å². The Morgan fingerprint density at radius 1 is 1.33 bits per heavy atom. The molecular formula is C14H21N5O2. The molecule has 0 saturated heterocycles. The van der Waals surface area contributed by atoms with Gasteiger partial charge in [-0.1, -0.05) is 0 Å². The number of methoxy groups -OCH3 is 1. The molecular weight excluding hydrogens is 270 g/mol. The molecule has 21 heavy (non-hydrogen) atoms. The monoisotopic (exact) mass is 291 g/mol. The zero-order valence-corrected chi connectivity index (χ0v) is 12.7. The molecule has 0 radical (unpaired) electrons. The van der Waals surface area contributed by atoms with Crippen molar-refractivity contribution in [3.8, 4) is 5.88 Å². The molecule has 2 rings (SSSR count). The van der Waals surface area contributed by atoms with Crippen LogP contribution in [0.1, 0.15) is 20.3 Å². The van der Waals surface area contributed by atoms with E-state index < -0.39 is 0 Å². The van der Waals surface area contributed by atoms with Gasteiger partial charge in [-0.25, -0.2) is 4.98 Å². The van der Waals surface area contributed by atoms with Gasteiger partial charge < -0.3 is 15.4 Å². The van der Waals surface area contributed by atoms with Crippen molar-refractivity contribution in [1.82, 2.24) is 19.4 Å². The van der Waals surface area contributed by atoms with Crippen LogP contribution < -0.4 is 10.5 Å². The fourth-order valence-electron chi connectivity index (χ4n) is 2.28. The summed E-state index contributed by atoms with van der Waals surface area (Å²) in [4.78, 5) is 22.5. The number of anilines is 1. The molecule has 0 bridgehead atoms. The summed E-state index contributed by atoms with van der Waals surface area (Å²) in [5, 5.41) is 0. The first-order valence-corrected chi connectivity index (χ1v) is 7.05. The van der Waals surface area contributed by atoms with E-state index in [0.717, 1.165) is 0 Å². The van der Waals surface area contributed by atoms with Crippen molar-refractivity contribution in [3.63, 3.8) is 0 Å². The molecule has 7 heteroatoms. The Kier molecular flexibility index (Phi) is 4.62. The maximum atomic E-state index is 12.1. The van der Waals surface area contributed by atoms with Gasteiger partial charge in [-0.15, -0.1) is 0 Å². The number of pyridine rings is 1. The lowest BCUT2D eigenvalue weighted by molar-refractivity contribution is -0.131. The molecule has 2 N–H and O–H groups in total. The van der Waals surface area contributed by atoms with Gasteiger partial charge in [-0.3, -0.25) is 9.36 Å². The van der Waals surface area contributed by atoms with Crippen LogP contribution in [0.4, 0.5) is 5.95 Å². The Morgan fingerprint density at radius 3 is 2.67 bits per heavy atom. The molecule has 2 heterocycles. The van der Waals surface area contributed by atoms with Crippen molar-refractivity contribution in [2.24, 2.45) is 0 Å². The Balaban J connectivity index is 2.21. The van der Waals surface area contributed by atoms with Gasteiger partial charge in [0.1, 0.15) is 5.52 Å². The molecule has 0 aliphatic rings. The largest absolute Gasteiger partial charge is 0.481 e. The Hall–Kier alpha value is -2.31. The summed E-state index contributed by atoms with van der Waals surface area (Å²) in [5.74, 6) is 0.959. The molecule has 0 aliphatic heterocycles. The number of nitrogen functional groups attached to an aromatic ring is 1. The fourth-order valence-corrected chi connectivity index (χ4v) is 2.28. The normalized spacial score (nSPS) is 10.8. The van der Waals surface area contributed by atoms with Crippen LogP contribution in [-0.4, -0.2) is 45.5 Å². The van der Waals surface area contributed by atoms with Crippen molar-refractivity contribution in [1.29, 1.82) is 0 Å². The molecule has 0 fully saturated rings. The summed E-state index contributed by atoms with van der Waals surface area (Å²) in [6, 6.07) is 3.54. The summed E-state index contributed by atoms with van der Waals surface area (Å²) in [5.41, 5.74) is 7.25. The minimum absolute atomic E-state index is 0.101. The Labute approximate surface area is 123 Å². The fraction of sp³-hybridized carbons (Fsp3) is 0.500.